The predicted molar refractivity (Wildman–Crippen MR) is 76.1 cm³/mol. The Hall–Kier alpha value is -1.88. The van der Waals surface area contributed by atoms with Crippen LogP contribution in [0.2, 0.25) is 0 Å². The van der Waals surface area contributed by atoms with Gasteiger partial charge < -0.3 is 10.2 Å². The zero-order valence-corrected chi connectivity index (χ0v) is 11.7. The summed E-state index contributed by atoms with van der Waals surface area (Å²) in [7, 11) is 0. The highest BCUT2D eigenvalue weighted by molar-refractivity contribution is 5.81. The van der Waals surface area contributed by atoms with Crippen molar-refractivity contribution < 1.29 is 19.8 Å². The van der Waals surface area contributed by atoms with Crippen molar-refractivity contribution in [3.8, 4) is 0 Å². The largest absolute Gasteiger partial charge is 0.481 e. The molecule has 3 rings (SSSR count). The van der Waals surface area contributed by atoms with Crippen molar-refractivity contribution in [1.29, 1.82) is 0 Å². The van der Waals surface area contributed by atoms with Gasteiger partial charge in [0.25, 0.3) is 0 Å². The van der Waals surface area contributed by atoms with E-state index in [-0.39, 0.29) is 12.0 Å². The number of rotatable bonds is 4. The zero-order chi connectivity index (χ0) is 15.0. The molecule has 2 aliphatic rings. The molecule has 2 aliphatic heterocycles. The monoisotopic (exact) mass is 289 g/mol. The standard InChI is InChI=1S/C16H19NO4/c18-14(19)13(10-4-2-1-3-5-10)11-8-12-6-7-16(9-11,17-12)15(20)21/h1-5,11-13,17H,6-9H2,(H,18,19)(H,20,21). The van der Waals surface area contributed by atoms with Crippen molar-refractivity contribution in [3.05, 3.63) is 35.9 Å². The quantitative estimate of drug-likeness (QED) is 0.787. The van der Waals surface area contributed by atoms with E-state index in [2.05, 4.69) is 5.32 Å². The number of hydrogen-bond acceptors (Lipinski definition) is 3. The van der Waals surface area contributed by atoms with Crippen molar-refractivity contribution in [2.75, 3.05) is 0 Å². The van der Waals surface area contributed by atoms with E-state index in [0.29, 0.717) is 12.8 Å². The number of nitrogens with one attached hydrogen (secondary N) is 1. The van der Waals surface area contributed by atoms with Crippen LogP contribution in [0.5, 0.6) is 0 Å². The first-order valence-electron chi connectivity index (χ1n) is 7.31. The normalized spacial score (nSPS) is 32.6. The molecular formula is C16H19NO4. The molecule has 112 valence electrons. The summed E-state index contributed by atoms with van der Waals surface area (Å²) in [5.41, 5.74) is -0.173. The minimum absolute atomic E-state index is 0.116. The van der Waals surface area contributed by atoms with Crippen molar-refractivity contribution in [2.45, 2.75) is 43.2 Å². The Morgan fingerprint density at radius 1 is 1.24 bits per heavy atom. The molecule has 1 aromatic carbocycles. The van der Waals surface area contributed by atoms with Crippen LogP contribution in [0.25, 0.3) is 0 Å². The maximum atomic E-state index is 11.7. The summed E-state index contributed by atoms with van der Waals surface area (Å²) in [6, 6.07) is 9.26. The lowest BCUT2D eigenvalue weighted by molar-refractivity contribution is -0.148. The third kappa shape index (κ3) is 2.42. The molecule has 2 saturated heterocycles. The fourth-order valence-corrected chi connectivity index (χ4v) is 3.98. The van der Waals surface area contributed by atoms with E-state index in [1.54, 1.807) is 0 Å². The lowest BCUT2D eigenvalue weighted by atomic mass is 9.74. The maximum absolute atomic E-state index is 11.7. The number of fused-ring (bicyclic) bond motifs is 2. The molecule has 1 aromatic rings. The SMILES string of the molecule is O=C(O)C(c1ccccc1)C1CC2CCC(C(=O)O)(C1)N2. The van der Waals surface area contributed by atoms with Crippen LogP contribution in [0.3, 0.4) is 0 Å². The zero-order valence-electron chi connectivity index (χ0n) is 11.7. The van der Waals surface area contributed by atoms with Crippen LogP contribution in [-0.4, -0.2) is 33.7 Å². The van der Waals surface area contributed by atoms with E-state index in [1.807, 2.05) is 30.3 Å². The molecule has 21 heavy (non-hydrogen) atoms. The average molecular weight is 289 g/mol. The van der Waals surface area contributed by atoms with Crippen molar-refractivity contribution >= 4 is 11.9 Å². The Balaban J connectivity index is 1.91. The van der Waals surface area contributed by atoms with Crippen LogP contribution in [0.4, 0.5) is 0 Å². The van der Waals surface area contributed by atoms with Gasteiger partial charge in [0.05, 0.1) is 5.92 Å². The minimum Gasteiger partial charge on any atom is -0.481 e. The summed E-state index contributed by atoms with van der Waals surface area (Å²) >= 11 is 0. The topological polar surface area (TPSA) is 86.6 Å². The van der Waals surface area contributed by atoms with Gasteiger partial charge >= 0.3 is 11.9 Å². The Kier molecular flexibility index (Phi) is 3.45. The predicted octanol–water partition coefficient (Wildman–Crippen LogP) is 1.84. The van der Waals surface area contributed by atoms with Crippen LogP contribution in [0.15, 0.2) is 30.3 Å². The van der Waals surface area contributed by atoms with Gasteiger partial charge in [0.2, 0.25) is 0 Å². The summed E-state index contributed by atoms with van der Waals surface area (Å²) in [6.07, 6.45) is 2.50. The molecule has 5 heteroatoms. The lowest BCUT2D eigenvalue weighted by Crippen LogP contribution is -2.55. The highest BCUT2D eigenvalue weighted by atomic mass is 16.4. The summed E-state index contributed by atoms with van der Waals surface area (Å²) in [5.74, 6) is -2.50. The first-order chi connectivity index (χ1) is 10.0. The molecule has 0 radical (unpaired) electrons. The van der Waals surface area contributed by atoms with E-state index in [0.717, 1.165) is 18.4 Å². The van der Waals surface area contributed by atoms with Crippen molar-refractivity contribution in [3.63, 3.8) is 0 Å². The Labute approximate surface area is 123 Å². The van der Waals surface area contributed by atoms with Gasteiger partial charge in [0.15, 0.2) is 0 Å². The molecule has 3 N–H and O–H groups in total. The second-order valence-electron chi connectivity index (χ2n) is 6.19. The molecule has 0 amide bonds. The average Bonchev–Trinajstić information content (AvgIpc) is 2.76. The van der Waals surface area contributed by atoms with E-state index in [1.165, 1.54) is 0 Å². The summed E-state index contributed by atoms with van der Waals surface area (Å²) in [5, 5.41) is 22.3. The Morgan fingerprint density at radius 2 is 1.95 bits per heavy atom. The third-order valence-corrected chi connectivity index (χ3v) is 4.90. The molecule has 2 heterocycles. The van der Waals surface area contributed by atoms with Crippen molar-refractivity contribution in [2.24, 2.45) is 5.92 Å². The minimum atomic E-state index is -0.934. The number of aliphatic carboxylic acids is 2. The number of hydrogen-bond donors (Lipinski definition) is 3. The maximum Gasteiger partial charge on any atom is 0.323 e. The van der Waals surface area contributed by atoms with Gasteiger partial charge in [-0.3, -0.25) is 14.9 Å². The van der Waals surface area contributed by atoms with Gasteiger partial charge in [-0.2, -0.15) is 0 Å². The summed E-state index contributed by atoms with van der Waals surface area (Å²) < 4.78 is 0. The number of piperidine rings is 1. The first kappa shape index (κ1) is 14.1. The highest BCUT2D eigenvalue weighted by Gasteiger charge is 2.52. The van der Waals surface area contributed by atoms with Crippen LogP contribution >= 0.6 is 0 Å². The van der Waals surface area contributed by atoms with Crippen molar-refractivity contribution in [1.82, 2.24) is 5.32 Å². The number of carboxylic acid groups (broad SMARTS) is 2. The van der Waals surface area contributed by atoms with Crippen LogP contribution in [0.1, 0.15) is 37.2 Å². The highest BCUT2D eigenvalue weighted by Crippen LogP contribution is 2.44. The van der Waals surface area contributed by atoms with Gasteiger partial charge in [-0.05, 0) is 37.2 Å². The van der Waals surface area contributed by atoms with Crippen LogP contribution in [0, 0.1) is 5.92 Å². The number of carboxylic acids is 2. The molecule has 2 bridgehead atoms. The van der Waals surface area contributed by atoms with Gasteiger partial charge in [0.1, 0.15) is 5.54 Å². The molecule has 2 fully saturated rings. The molecule has 0 spiro atoms. The molecule has 0 saturated carbocycles. The molecule has 0 aliphatic carbocycles. The summed E-state index contributed by atoms with van der Waals surface area (Å²) in [4.78, 5) is 23.3. The van der Waals surface area contributed by atoms with E-state index < -0.39 is 23.4 Å². The molecule has 4 atom stereocenters. The number of carbonyl (C=O) groups is 2. The first-order valence-corrected chi connectivity index (χ1v) is 7.31. The fourth-order valence-electron chi connectivity index (χ4n) is 3.98. The Bertz CT molecular complexity index is 559. The fraction of sp³-hybridized carbons (Fsp3) is 0.500. The molecule has 0 aromatic heterocycles. The number of benzene rings is 1. The smallest absolute Gasteiger partial charge is 0.323 e. The molecule has 5 nitrogen and oxygen atoms in total. The second-order valence-corrected chi connectivity index (χ2v) is 6.19. The van der Waals surface area contributed by atoms with E-state index in [9.17, 15) is 19.8 Å². The van der Waals surface area contributed by atoms with E-state index in [4.69, 9.17) is 0 Å². The van der Waals surface area contributed by atoms with Gasteiger partial charge in [-0.25, -0.2) is 0 Å². The molecular weight excluding hydrogens is 270 g/mol. The van der Waals surface area contributed by atoms with E-state index >= 15 is 0 Å². The second kappa shape index (κ2) is 5.15. The van der Waals surface area contributed by atoms with Crippen LogP contribution < -0.4 is 5.32 Å². The van der Waals surface area contributed by atoms with Gasteiger partial charge in [-0.15, -0.1) is 0 Å². The third-order valence-electron chi connectivity index (χ3n) is 4.90. The lowest BCUT2D eigenvalue weighted by Gasteiger charge is -2.38. The van der Waals surface area contributed by atoms with Gasteiger partial charge in [-0.1, -0.05) is 30.3 Å². The Morgan fingerprint density at radius 3 is 2.57 bits per heavy atom. The summed E-state index contributed by atoms with van der Waals surface area (Å²) in [6.45, 7) is 0. The van der Waals surface area contributed by atoms with Gasteiger partial charge in [0, 0.05) is 6.04 Å². The molecule has 4 unspecified atom stereocenters. The van der Waals surface area contributed by atoms with Crippen LogP contribution in [-0.2, 0) is 9.59 Å².